The van der Waals surface area contributed by atoms with Gasteiger partial charge in [0.15, 0.2) is 11.6 Å². The van der Waals surface area contributed by atoms with Crippen molar-refractivity contribution in [3.63, 3.8) is 0 Å². The Morgan fingerprint density at radius 2 is 1.98 bits per heavy atom. The minimum absolute atomic E-state index is 0.0845. The third-order valence-corrected chi connectivity index (χ3v) is 6.70. The number of urea groups is 1. The van der Waals surface area contributed by atoms with Crippen LogP contribution in [0.3, 0.4) is 0 Å². The zero-order valence-corrected chi connectivity index (χ0v) is 23.1. The molecule has 1 aliphatic rings. The standard InChI is InChI=1S/C27H25Cl2F2N7O2/c1-14(2)13-40-23-4-3-6-33-26(23)38-24(16-9-20(31)22(10-19(16)30)35-27(32)39)17-12-37(7-5-21(17)36-38)25-18(29)8-15(28)11-34-25/h3-4,6,8-11,14H,5,7,12-13H2,1-2H3,(H3,32,35,39). The molecule has 5 rings (SSSR count). The highest BCUT2D eigenvalue weighted by molar-refractivity contribution is 6.36. The quantitative estimate of drug-likeness (QED) is 0.274. The van der Waals surface area contributed by atoms with E-state index in [2.05, 4.69) is 15.3 Å². The molecule has 3 N–H and O–H groups in total. The Labute approximate surface area is 238 Å². The highest BCUT2D eigenvalue weighted by Crippen LogP contribution is 2.39. The Balaban J connectivity index is 1.69. The number of halogens is 4. The maximum Gasteiger partial charge on any atom is 0.316 e. The third-order valence-electron chi connectivity index (χ3n) is 6.22. The molecule has 0 radical (unpaired) electrons. The predicted molar refractivity (Wildman–Crippen MR) is 149 cm³/mol. The molecule has 0 bridgehead atoms. The van der Waals surface area contributed by atoms with Crippen LogP contribution in [0.15, 0.2) is 42.7 Å². The van der Waals surface area contributed by atoms with E-state index in [1.165, 1.54) is 10.9 Å². The van der Waals surface area contributed by atoms with E-state index in [4.69, 9.17) is 38.8 Å². The summed E-state index contributed by atoms with van der Waals surface area (Å²) in [5.74, 6) is -0.175. The highest BCUT2D eigenvalue weighted by atomic mass is 35.5. The first kappa shape index (κ1) is 27.6. The fraction of sp³-hybridized carbons (Fsp3) is 0.259. The highest BCUT2D eigenvalue weighted by Gasteiger charge is 2.31. The molecule has 0 saturated heterocycles. The van der Waals surface area contributed by atoms with Crippen LogP contribution in [0.5, 0.6) is 5.75 Å². The van der Waals surface area contributed by atoms with Crippen molar-refractivity contribution in [3.8, 4) is 22.8 Å². The van der Waals surface area contributed by atoms with E-state index in [0.717, 1.165) is 12.1 Å². The number of ether oxygens (including phenoxy) is 1. The Hall–Kier alpha value is -3.96. The van der Waals surface area contributed by atoms with Gasteiger partial charge in [0, 0.05) is 49.1 Å². The molecule has 0 atom stereocenters. The summed E-state index contributed by atoms with van der Waals surface area (Å²) in [6.45, 7) is 5.21. The van der Waals surface area contributed by atoms with Gasteiger partial charge in [0.2, 0.25) is 0 Å². The molecule has 3 aromatic heterocycles. The van der Waals surface area contributed by atoms with Crippen LogP contribution in [-0.4, -0.2) is 38.9 Å². The first-order chi connectivity index (χ1) is 19.1. The summed E-state index contributed by atoms with van der Waals surface area (Å²) < 4.78 is 38.3. The number of aromatic nitrogens is 4. The van der Waals surface area contributed by atoms with Gasteiger partial charge in [-0.2, -0.15) is 5.10 Å². The molecule has 4 heterocycles. The van der Waals surface area contributed by atoms with Crippen LogP contribution in [0, 0.1) is 17.6 Å². The minimum Gasteiger partial charge on any atom is -0.489 e. The number of benzene rings is 1. The fourth-order valence-electron chi connectivity index (χ4n) is 4.49. The van der Waals surface area contributed by atoms with Gasteiger partial charge in [0.1, 0.15) is 17.5 Å². The van der Waals surface area contributed by atoms with E-state index < -0.39 is 17.7 Å². The third kappa shape index (κ3) is 5.52. The van der Waals surface area contributed by atoms with Crippen molar-refractivity contribution in [2.24, 2.45) is 11.7 Å². The zero-order chi connectivity index (χ0) is 28.6. The number of carbonyl (C=O) groups excluding carboxylic acids is 1. The van der Waals surface area contributed by atoms with Gasteiger partial charge in [0.05, 0.1) is 33.7 Å². The fourth-order valence-corrected chi connectivity index (χ4v) is 4.99. The lowest BCUT2D eigenvalue weighted by atomic mass is 9.99. The molecule has 0 saturated carbocycles. The summed E-state index contributed by atoms with van der Waals surface area (Å²) >= 11 is 12.5. The average Bonchev–Trinajstić information content (AvgIpc) is 3.27. The van der Waals surface area contributed by atoms with E-state index in [0.29, 0.717) is 58.3 Å². The SMILES string of the molecule is CC(C)COc1cccnc1-n1nc2c(c1-c1cc(F)c(NC(N)=O)cc1F)CN(c1ncc(Cl)cc1Cl)CC2. The van der Waals surface area contributed by atoms with Crippen molar-refractivity contribution in [1.82, 2.24) is 19.7 Å². The molecule has 0 unspecified atom stereocenters. The van der Waals surface area contributed by atoms with Gasteiger partial charge in [-0.05, 0) is 30.2 Å². The molecule has 208 valence electrons. The second-order valence-electron chi connectivity index (χ2n) is 9.65. The maximum atomic E-state index is 15.7. The second-order valence-corrected chi connectivity index (χ2v) is 10.5. The smallest absolute Gasteiger partial charge is 0.316 e. The van der Waals surface area contributed by atoms with Gasteiger partial charge in [-0.1, -0.05) is 37.0 Å². The molecule has 9 nitrogen and oxygen atoms in total. The minimum atomic E-state index is -1.02. The van der Waals surface area contributed by atoms with Crippen molar-refractivity contribution in [3.05, 3.63) is 75.7 Å². The van der Waals surface area contributed by atoms with Crippen molar-refractivity contribution < 1.29 is 18.3 Å². The molecule has 40 heavy (non-hydrogen) atoms. The number of rotatable bonds is 7. The number of hydrogen-bond donors (Lipinski definition) is 2. The summed E-state index contributed by atoms with van der Waals surface area (Å²) in [5, 5.41) is 7.64. The van der Waals surface area contributed by atoms with Crippen LogP contribution in [-0.2, 0) is 13.0 Å². The number of pyridine rings is 2. The molecule has 4 aromatic rings. The largest absolute Gasteiger partial charge is 0.489 e. The Morgan fingerprint density at radius 1 is 1.18 bits per heavy atom. The Bertz CT molecular complexity index is 1600. The van der Waals surface area contributed by atoms with Crippen LogP contribution >= 0.6 is 23.2 Å². The number of nitrogens with two attached hydrogens (primary N) is 1. The zero-order valence-electron chi connectivity index (χ0n) is 21.6. The molecule has 0 aliphatic carbocycles. The van der Waals surface area contributed by atoms with Gasteiger partial charge in [0.25, 0.3) is 0 Å². The van der Waals surface area contributed by atoms with E-state index in [1.54, 1.807) is 24.4 Å². The predicted octanol–water partition coefficient (Wildman–Crippen LogP) is 6.00. The van der Waals surface area contributed by atoms with E-state index in [-0.39, 0.29) is 29.4 Å². The Morgan fingerprint density at radius 3 is 2.70 bits per heavy atom. The van der Waals surface area contributed by atoms with Crippen molar-refractivity contribution >= 4 is 40.7 Å². The number of nitrogens with zero attached hydrogens (tertiary/aromatic N) is 5. The van der Waals surface area contributed by atoms with E-state index in [1.807, 2.05) is 18.7 Å². The summed E-state index contributed by atoms with van der Waals surface area (Å²) in [6.07, 6.45) is 3.54. The lowest BCUT2D eigenvalue weighted by molar-refractivity contribution is 0.259. The van der Waals surface area contributed by atoms with Gasteiger partial charge in [-0.15, -0.1) is 0 Å². The molecule has 0 fully saturated rings. The lowest BCUT2D eigenvalue weighted by Crippen LogP contribution is -2.31. The molecular formula is C27H25Cl2F2N7O2. The van der Waals surface area contributed by atoms with Crippen LogP contribution in [0.4, 0.5) is 25.1 Å². The molecule has 1 aliphatic heterocycles. The number of fused-ring (bicyclic) bond motifs is 1. The van der Waals surface area contributed by atoms with Gasteiger partial charge >= 0.3 is 6.03 Å². The molecule has 13 heteroatoms. The van der Waals surface area contributed by atoms with Gasteiger partial charge < -0.3 is 20.7 Å². The topological polar surface area (TPSA) is 111 Å². The number of anilines is 2. The van der Waals surface area contributed by atoms with Crippen molar-refractivity contribution in [2.45, 2.75) is 26.8 Å². The summed E-state index contributed by atoms with van der Waals surface area (Å²) in [4.78, 5) is 22.1. The first-order valence-corrected chi connectivity index (χ1v) is 13.2. The number of hydrogen-bond acceptors (Lipinski definition) is 6. The molecule has 0 spiro atoms. The van der Waals surface area contributed by atoms with E-state index in [9.17, 15) is 4.79 Å². The number of primary amides is 1. The number of nitrogens with one attached hydrogen (secondary N) is 1. The van der Waals surface area contributed by atoms with Gasteiger partial charge in [-0.25, -0.2) is 28.2 Å². The second kappa shape index (κ2) is 11.3. The summed E-state index contributed by atoms with van der Waals surface area (Å²) in [6, 6.07) is 5.93. The summed E-state index contributed by atoms with van der Waals surface area (Å²) in [5.41, 5.74) is 6.24. The maximum absolute atomic E-state index is 15.7. The molecular weight excluding hydrogens is 563 g/mol. The number of amides is 2. The summed E-state index contributed by atoms with van der Waals surface area (Å²) in [7, 11) is 0. The first-order valence-electron chi connectivity index (χ1n) is 12.4. The van der Waals surface area contributed by atoms with Crippen molar-refractivity contribution in [1.29, 1.82) is 0 Å². The van der Waals surface area contributed by atoms with E-state index >= 15 is 8.78 Å². The molecule has 2 amide bonds. The average molecular weight is 588 g/mol. The van der Waals surface area contributed by atoms with Crippen molar-refractivity contribution in [2.75, 3.05) is 23.4 Å². The lowest BCUT2D eigenvalue weighted by Gasteiger charge is -2.28. The Kier molecular flexibility index (Phi) is 7.77. The number of carbonyl (C=O) groups is 1. The molecule has 1 aromatic carbocycles. The van der Waals surface area contributed by atoms with Crippen LogP contribution in [0.25, 0.3) is 17.1 Å². The van der Waals surface area contributed by atoms with Crippen LogP contribution in [0.1, 0.15) is 25.1 Å². The van der Waals surface area contributed by atoms with Crippen LogP contribution < -0.4 is 20.7 Å². The monoisotopic (exact) mass is 587 g/mol. The van der Waals surface area contributed by atoms with Gasteiger partial charge in [-0.3, -0.25) is 0 Å². The van der Waals surface area contributed by atoms with Crippen LogP contribution in [0.2, 0.25) is 10.0 Å². The normalized spacial score (nSPS) is 12.9.